The van der Waals surface area contributed by atoms with Crippen molar-refractivity contribution in [1.29, 1.82) is 5.26 Å². The molecule has 0 saturated carbocycles. The SMILES string of the molecule is N#C/C(=C\c1ccc(-c2ccc(F)cc2)o1)C(=O)Nc1ccc(SC(F)F)cc1. The summed E-state index contributed by atoms with van der Waals surface area (Å²) in [7, 11) is 0. The van der Waals surface area contributed by atoms with Gasteiger partial charge in [-0.1, -0.05) is 11.8 Å². The molecule has 1 amide bonds. The highest BCUT2D eigenvalue weighted by molar-refractivity contribution is 7.99. The number of furan rings is 1. The van der Waals surface area contributed by atoms with Crippen molar-refractivity contribution in [2.75, 3.05) is 5.32 Å². The Balaban J connectivity index is 1.72. The standard InChI is InChI=1S/C21H13F3N2O2S/c22-15-3-1-13(2-4-15)19-10-7-17(28-19)11-14(12-25)20(27)26-16-5-8-18(9-6-16)29-21(23)24/h1-11,21H,(H,26,27)/b14-11+. The molecule has 0 aliphatic rings. The minimum Gasteiger partial charge on any atom is -0.457 e. The van der Waals surface area contributed by atoms with Crippen molar-refractivity contribution in [3.05, 3.63) is 77.8 Å². The van der Waals surface area contributed by atoms with Crippen LogP contribution in [0.15, 0.2) is 75.5 Å². The van der Waals surface area contributed by atoms with Crippen LogP contribution in [-0.2, 0) is 4.79 Å². The van der Waals surface area contributed by atoms with Gasteiger partial charge in [-0.15, -0.1) is 0 Å². The molecule has 146 valence electrons. The van der Waals surface area contributed by atoms with Crippen LogP contribution in [0, 0.1) is 17.1 Å². The molecule has 0 bridgehead atoms. The molecule has 1 aromatic heterocycles. The van der Waals surface area contributed by atoms with E-state index in [4.69, 9.17) is 4.42 Å². The third-order valence-electron chi connectivity index (χ3n) is 3.74. The van der Waals surface area contributed by atoms with Gasteiger partial charge < -0.3 is 9.73 Å². The molecule has 4 nitrogen and oxygen atoms in total. The fourth-order valence-electron chi connectivity index (χ4n) is 2.41. The van der Waals surface area contributed by atoms with Crippen LogP contribution in [0.4, 0.5) is 18.9 Å². The predicted octanol–water partition coefficient (Wildman–Crippen LogP) is 5.95. The number of nitrogens with zero attached hydrogens (tertiary/aromatic N) is 1. The molecule has 0 aliphatic carbocycles. The minimum atomic E-state index is -2.53. The summed E-state index contributed by atoms with van der Waals surface area (Å²) in [6.07, 6.45) is 1.28. The Morgan fingerprint density at radius 3 is 2.38 bits per heavy atom. The van der Waals surface area contributed by atoms with Gasteiger partial charge in [0.25, 0.3) is 11.7 Å². The number of anilines is 1. The van der Waals surface area contributed by atoms with Gasteiger partial charge in [-0.05, 0) is 60.7 Å². The Hall–Kier alpha value is -3.44. The molecule has 29 heavy (non-hydrogen) atoms. The van der Waals surface area contributed by atoms with Crippen LogP contribution in [0.1, 0.15) is 5.76 Å². The summed E-state index contributed by atoms with van der Waals surface area (Å²) in [5, 5.41) is 11.8. The fourth-order valence-corrected chi connectivity index (χ4v) is 2.91. The zero-order valence-electron chi connectivity index (χ0n) is 14.7. The second kappa shape index (κ2) is 9.17. The Morgan fingerprint density at radius 1 is 1.07 bits per heavy atom. The summed E-state index contributed by atoms with van der Waals surface area (Å²) < 4.78 is 43.3. The van der Waals surface area contributed by atoms with E-state index in [0.717, 1.165) is 0 Å². The summed E-state index contributed by atoms with van der Waals surface area (Å²) in [4.78, 5) is 12.7. The Morgan fingerprint density at radius 2 is 1.76 bits per heavy atom. The van der Waals surface area contributed by atoms with Crippen LogP contribution in [0.3, 0.4) is 0 Å². The molecule has 0 unspecified atom stereocenters. The maximum atomic E-state index is 13.0. The lowest BCUT2D eigenvalue weighted by Crippen LogP contribution is -2.13. The van der Waals surface area contributed by atoms with E-state index in [1.54, 1.807) is 30.3 Å². The van der Waals surface area contributed by atoms with Gasteiger partial charge in [-0.25, -0.2) is 4.39 Å². The van der Waals surface area contributed by atoms with Gasteiger partial charge in [0.2, 0.25) is 0 Å². The maximum Gasteiger partial charge on any atom is 0.288 e. The average molecular weight is 414 g/mol. The number of alkyl halides is 2. The van der Waals surface area contributed by atoms with Crippen molar-refractivity contribution in [3.8, 4) is 17.4 Å². The van der Waals surface area contributed by atoms with Crippen LogP contribution in [0.5, 0.6) is 0 Å². The number of hydrogen-bond acceptors (Lipinski definition) is 4. The first-order valence-electron chi connectivity index (χ1n) is 8.28. The van der Waals surface area contributed by atoms with Gasteiger partial charge in [0.1, 0.15) is 29.0 Å². The molecule has 1 heterocycles. The molecule has 0 aliphatic heterocycles. The third-order valence-corrected chi connectivity index (χ3v) is 4.47. The van der Waals surface area contributed by atoms with Gasteiger partial charge in [0, 0.05) is 22.2 Å². The molecule has 0 fully saturated rings. The second-order valence-electron chi connectivity index (χ2n) is 5.74. The molecule has 3 aromatic rings. The van der Waals surface area contributed by atoms with Crippen molar-refractivity contribution >= 4 is 29.4 Å². The van der Waals surface area contributed by atoms with Crippen molar-refractivity contribution < 1.29 is 22.4 Å². The van der Waals surface area contributed by atoms with E-state index in [1.165, 1.54) is 42.5 Å². The number of amides is 1. The Bertz CT molecular complexity index is 1070. The van der Waals surface area contributed by atoms with Gasteiger partial charge in [0.15, 0.2) is 0 Å². The quantitative estimate of drug-likeness (QED) is 0.308. The zero-order chi connectivity index (χ0) is 20.8. The van der Waals surface area contributed by atoms with Crippen molar-refractivity contribution in [3.63, 3.8) is 0 Å². The number of thioether (sulfide) groups is 1. The van der Waals surface area contributed by atoms with E-state index < -0.39 is 11.7 Å². The number of carbonyl (C=O) groups excluding carboxylic acids is 1. The molecular formula is C21H13F3N2O2S. The first-order valence-corrected chi connectivity index (χ1v) is 9.16. The van der Waals surface area contributed by atoms with E-state index in [9.17, 15) is 23.2 Å². The predicted molar refractivity (Wildman–Crippen MR) is 105 cm³/mol. The summed E-state index contributed by atoms with van der Waals surface area (Å²) in [5.74, 6) is -2.83. The smallest absolute Gasteiger partial charge is 0.288 e. The number of benzene rings is 2. The first-order chi connectivity index (χ1) is 13.9. The maximum absolute atomic E-state index is 13.0. The highest BCUT2D eigenvalue weighted by Gasteiger charge is 2.12. The van der Waals surface area contributed by atoms with Crippen LogP contribution in [0.2, 0.25) is 0 Å². The molecular weight excluding hydrogens is 401 g/mol. The number of nitriles is 1. The van der Waals surface area contributed by atoms with E-state index >= 15 is 0 Å². The number of carbonyl (C=O) groups is 1. The van der Waals surface area contributed by atoms with E-state index in [2.05, 4.69) is 5.32 Å². The highest BCUT2D eigenvalue weighted by atomic mass is 32.2. The van der Waals surface area contributed by atoms with Gasteiger partial charge in [-0.3, -0.25) is 4.79 Å². The third kappa shape index (κ3) is 5.53. The Kier molecular flexibility index (Phi) is 6.42. The molecule has 8 heteroatoms. The van der Waals surface area contributed by atoms with Crippen LogP contribution < -0.4 is 5.32 Å². The number of rotatable bonds is 6. The Labute approximate surface area is 168 Å². The van der Waals surface area contributed by atoms with Crippen molar-refractivity contribution in [2.24, 2.45) is 0 Å². The van der Waals surface area contributed by atoms with E-state index in [1.807, 2.05) is 0 Å². The zero-order valence-corrected chi connectivity index (χ0v) is 15.6. The molecule has 0 atom stereocenters. The molecule has 2 aromatic carbocycles. The van der Waals surface area contributed by atoms with Gasteiger partial charge in [0.05, 0.1) is 0 Å². The normalized spacial score (nSPS) is 11.3. The molecule has 0 spiro atoms. The first kappa shape index (κ1) is 20.3. The van der Waals surface area contributed by atoms with Crippen LogP contribution >= 0.6 is 11.8 Å². The topological polar surface area (TPSA) is 66.0 Å². The lowest BCUT2D eigenvalue weighted by Gasteiger charge is -2.05. The van der Waals surface area contributed by atoms with Crippen LogP contribution in [-0.4, -0.2) is 11.7 Å². The summed E-state index contributed by atoms with van der Waals surface area (Å²) in [6.45, 7) is 0. The summed E-state index contributed by atoms with van der Waals surface area (Å²) >= 11 is 0.397. The lowest BCUT2D eigenvalue weighted by atomic mass is 10.2. The lowest BCUT2D eigenvalue weighted by molar-refractivity contribution is -0.112. The summed E-state index contributed by atoms with van der Waals surface area (Å²) in [6, 6.07) is 16.6. The number of hydrogen-bond donors (Lipinski definition) is 1. The molecule has 3 rings (SSSR count). The largest absolute Gasteiger partial charge is 0.457 e. The minimum absolute atomic E-state index is 0.198. The number of nitrogens with one attached hydrogen (secondary N) is 1. The van der Waals surface area contributed by atoms with E-state index in [-0.39, 0.29) is 17.2 Å². The van der Waals surface area contributed by atoms with Crippen molar-refractivity contribution in [2.45, 2.75) is 10.7 Å². The summed E-state index contributed by atoms with van der Waals surface area (Å²) in [5.41, 5.74) is 0.813. The molecule has 0 radical (unpaired) electrons. The molecule has 0 saturated heterocycles. The second-order valence-corrected chi connectivity index (χ2v) is 6.80. The van der Waals surface area contributed by atoms with Gasteiger partial charge >= 0.3 is 0 Å². The van der Waals surface area contributed by atoms with Crippen molar-refractivity contribution in [1.82, 2.24) is 0 Å². The monoisotopic (exact) mass is 414 g/mol. The van der Waals surface area contributed by atoms with E-state index in [0.29, 0.717) is 33.7 Å². The number of halogens is 3. The van der Waals surface area contributed by atoms with Gasteiger partial charge in [-0.2, -0.15) is 14.0 Å². The molecule has 1 N–H and O–H groups in total. The highest BCUT2D eigenvalue weighted by Crippen LogP contribution is 2.27. The fraction of sp³-hybridized carbons (Fsp3) is 0.0476. The average Bonchev–Trinajstić information content (AvgIpc) is 3.16. The van der Waals surface area contributed by atoms with Crippen LogP contribution in [0.25, 0.3) is 17.4 Å².